The van der Waals surface area contributed by atoms with Crippen LogP contribution in [-0.4, -0.2) is 23.0 Å². The molecule has 4 saturated carbocycles. The van der Waals surface area contributed by atoms with Crippen molar-refractivity contribution < 1.29 is 14.7 Å². The first-order valence-electron chi connectivity index (χ1n) is 7.70. The maximum Gasteiger partial charge on any atom is 0.307 e. The van der Waals surface area contributed by atoms with Gasteiger partial charge in [0.1, 0.15) is 0 Å². The van der Waals surface area contributed by atoms with Crippen molar-refractivity contribution in [3.8, 4) is 0 Å². The number of carbonyl (C=O) groups is 2. The van der Waals surface area contributed by atoms with Gasteiger partial charge in [0.05, 0.1) is 11.8 Å². The molecule has 4 heteroatoms. The lowest BCUT2D eigenvalue weighted by molar-refractivity contribution is -0.146. The third-order valence-corrected chi connectivity index (χ3v) is 6.21. The lowest BCUT2D eigenvalue weighted by Gasteiger charge is -2.17. The molecule has 4 aliphatic carbocycles. The van der Waals surface area contributed by atoms with Crippen molar-refractivity contribution in [1.82, 2.24) is 5.32 Å². The van der Waals surface area contributed by atoms with Crippen LogP contribution >= 0.6 is 0 Å². The summed E-state index contributed by atoms with van der Waals surface area (Å²) >= 11 is 0. The van der Waals surface area contributed by atoms with Crippen LogP contribution in [0, 0.1) is 35.5 Å². The van der Waals surface area contributed by atoms with Gasteiger partial charge in [-0.2, -0.15) is 0 Å². The predicted molar refractivity (Wildman–Crippen MR) is 68.2 cm³/mol. The van der Waals surface area contributed by atoms with Crippen LogP contribution in [0.4, 0.5) is 0 Å². The average molecular weight is 263 g/mol. The van der Waals surface area contributed by atoms with Crippen molar-refractivity contribution in [2.24, 2.45) is 35.5 Å². The molecule has 0 aromatic heterocycles. The highest BCUT2D eigenvalue weighted by molar-refractivity contribution is 5.85. The molecule has 4 aliphatic rings. The van der Waals surface area contributed by atoms with E-state index in [4.69, 9.17) is 5.11 Å². The molecular formula is C15H21NO3. The van der Waals surface area contributed by atoms with Gasteiger partial charge in [-0.15, -0.1) is 0 Å². The van der Waals surface area contributed by atoms with Gasteiger partial charge >= 0.3 is 5.97 Å². The van der Waals surface area contributed by atoms with E-state index in [0.29, 0.717) is 12.5 Å². The molecule has 4 unspecified atom stereocenters. The zero-order valence-electron chi connectivity index (χ0n) is 11.0. The van der Waals surface area contributed by atoms with Crippen LogP contribution in [-0.2, 0) is 9.59 Å². The zero-order valence-corrected chi connectivity index (χ0v) is 11.0. The molecule has 6 atom stereocenters. The van der Waals surface area contributed by atoms with Crippen LogP contribution in [0.15, 0.2) is 0 Å². The Morgan fingerprint density at radius 2 is 1.58 bits per heavy atom. The van der Waals surface area contributed by atoms with E-state index in [1.54, 1.807) is 0 Å². The summed E-state index contributed by atoms with van der Waals surface area (Å²) in [4.78, 5) is 23.4. The maximum absolute atomic E-state index is 12.3. The first-order valence-corrected chi connectivity index (χ1v) is 7.70. The minimum absolute atomic E-state index is 0.0173. The van der Waals surface area contributed by atoms with E-state index in [0.717, 1.165) is 36.5 Å². The Morgan fingerprint density at radius 1 is 0.947 bits per heavy atom. The van der Waals surface area contributed by atoms with Gasteiger partial charge in [0.25, 0.3) is 0 Å². The second-order valence-electron chi connectivity index (χ2n) is 7.00. The highest BCUT2D eigenvalue weighted by Crippen LogP contribution is 2.65. The predicted octanol–water partition coefficient (Wildman–Crippen LogP) is 1.65. The summed E-state index contributed by atoms with van der Waals surface area (Å²) < 4.78 is 0. The molecule has 0 spiro atoms. The summed E-state index contributed by atoms with van der Waals surface area (Å²) in [7, 11) is 0. The number of nitrogens with one attached hydrogen (secondary N) is 1. The van der Waals surface area contributed by atoms with Crippen molar-refractivity contribution in [1.29, 1.82) is 0 Å². The summed E-state index contributed by atoms with van der Waals surface area (Å²) in [6.45, 7) is 0. The number of aliphatic carboxylic acids is 1. The van der Waals surface area contributed by atoms with Gasteiger partial charge < -0.3 is 10.4 Å². The molecule has 0 aromatic carbocycles. The quantitative estimate of drug-likeness (QED) is 0.813. The van der Waals surface area contributed by atoms with Gasteiger partial charge in [-0.25, -0.2) is 0 Å². The Bertz CT molecular complexity index is 419. The second kappa shape index (κ2) is 3.97. The number of amides is 1. The Morgan fingerprint density at radius 3 is 2.21 bits per heavy atom. The first kappa shape index (κ1) is 11.7. The highest BCUT2D eigenvalue weighted by atomic mass is 16.4. The van der Waals surface area contributed by atoms with Crippen molar-refractivity contribution in [3.63, 3.8) is 0 Å². The minimum Gasteiger partial charge on any atom is -0.481 e. The molecule has 4 fully saturated rings. The van der Waals surface area contributed by atoms with Gasteiger partial charge in [0.15, 0.2) is 0 Å². The molecule has 2 N–H and O–H groups in total. The topological polar surface area (TPSA) is 66.4 Å². The van der Waals surface area contributed by atoms with E-state index in [-0.39, 0.29) is 11.8 Å². The number of fused-ring (bicyclic) bond motifs is 5. The average Bonchev–Trinajstić information content (AvgIpc) is 2.86. The van der Waals surface area contributed by atoms with Crippen LogP contribution in [0.5, 0.6) is 0 Å². The Labute approximate surface area is 112 Å². The maximum atomic E-state index is 12.3. The van der Waals surface area contributed by atoms with E-state index in [9.17, 15) is 9.59 Å². The van der Waals surface area contributed by atoms with E-state index < -0.39 is 11.9 Å². The highest BCUT2D eigenvalue weighted by Gasteiger charge is 2.65. The minimum atomic E-state index is -0.797. The van der Waals surface area contributed by atoms with Gasteiger partial charge in [0.2, 0.25) is 5.91 Å². The van der Waals surface area contributed by atoms with Gasteiger partial charge in [0, 0.05) is 6.04 Å². The smallest absolute Gasteiger partial charge is 0.307 e. The number of rotatable bonds is 3. The van der Waals surface area contributed by atoms with E-state index in [1.807, 2.05) is 0 Å². The summed E-state index contributed by atoms with van der Waals surface area (Å²) in [6, 6.07) is 0.383. The van der Waals surface area contributed by atoms with Crippen LogP contribution < -0.4 is 5.32 Å². The monoisotopic (exact) mass is 263 g/mol. The van der Waals surface area contributed by atoms with Gasteiger partial charge in [-0.1, -0.05) is 6.42 Å². The Balaban J connectivity index is 1.39. The summed E-state index contributed by atoms with van der Waals surface area (Å²) in [5, 5.41) is 12.3. The molecule has 0 radical (unpaired) electrons. The lowest BCUT2D eigenvalue weighted by atomic mass is 9.95. The van der Waals surface area contributed by atoms with Crippen molar-refractivity contribution >= 4 is 11.9 Å². The number of hydrogen-bond acceptors (Lipinski definition) is 2. The number of hydrogen-bond donors (Lipinski definition) is 2. The van der Waals surface area contributed by atoms with E-state index in [1.165, 1.54) is 19.3 Å². The second-order valence-corrected chi connectivity index (χ2v) is 7.00. The van der Waals surface area contributed by atoms with Gasteiger partial charge in [-0.05, 0) is 55.8 Å². The fourth-order valence-electron chi connectivity index (χ4n) is 5.36. The number of carboxylic acid groups (broad SMARTS) is 1. The Kier molecular flexibility index (Phi) is 2.45. The fraction of sp³-hybridized carbons (Fsp3) is 0.867. The molecule has 1 amide bonds. The van der Waals surface area contributed by atoms with Crippen LogP contribution in [0.3, 0.4) is 0 Å². The van der Waals surface area contributed by atoms with E-state index >= 15 is 0 Å². The molecule has 0 aromatic rings. The van der Waals surface area contributed by atoms with Crippen molar-refractivity contribution in [2.45, 2.75) is 44.6 Å². The van der Waals surface area contributed by atoms with Crippen LogP contribution in [0.25, 0.3) is 0 Å². The molecule has 2 bridgehead atoms. The molecule has 104 valence electrons. The molecule has 19 heavy (non-hydrogen) atoms. The third-order valence-electron chi connectivity index (χ3n) is 6.21. The zero-order chi connectivity index (χ0) is 13.1. The molecule has 4 rings (SSSR count). The molecule has 4 nitrogen and oxygen atoms in total. The third kappa shape index (κ3) is 1.65. The van der Waals surface area contributed by atoms with Crippen molar-refractivity contribution in [3.05, 3.63) is 0 Å². The molecule has 0 saturated heterocycles. The largest absolute Gasteiger partial charge is 0.481 e. The lowest BCUT2D eigenvalue weighted by Crippen LogP contribution is -2.38. The fourth-order valence-corrected chi connectivity index (χ4v) is 5.36. The van der Waals surface area contributed by atoms with Crippen LogP contribution in [0.2, 0.25) is 0 Å². The standard InChI is InChI=1S/C15H21NO3/c17-14(9-2-1-3-10(9)15(18)19)16-13-11-7-4-5-8(6-7)12(11)13/h7-13H,1-6H2,(H,16,17)(H,18,19)/t7?,8?,9-,10+,11?,12?,13?/m1/s1. The van der Waals surface area contributed by atoms with Gasteiger partial charge in [-0.3, -0.25) is 9.59 Å². The molecular weight excluding hydrogens is 242 g/mol. The summed E-state index contributed by atoms with van der Waals surface area (Å²) in [6.07, 6.45) is 6.35. The number of carbonyl (C=O) groups excluding carboxylic acids is 1. The number of carboxylic acids is 1. The summed E-state index contributed by atoms with van der Waals surface area (Å²) in [5.74, 6) is 1.64. The molecule has 0 aliphatic heterocycles. The first-order chi connectivity index (χ1) is 9.16. The Hall–Kier alpha value is -1.06. The van der Waals surface area contributed by atoms with Crippen molar-refractivity contribution in [2.75, 3.05) is 0 Å². The summed E-state index contributed by atoms with van der Waals surface area (Å²) in [5.41, 5.74) is 0. The molecule has 0 heterocycles. The normalized spacial score (nSPS) is 50.0. The van der Waals surface area contributed by atoms with E-state index in [2.05, 4.69) is 5.32 Å². The van der Waals surface area contributed by atoms with Crippen LogP contribution in [0.1, 0.15) is 38.5 Å². The SMILES string of the molecule is O=C(O)[C@H]1CCC[C@H]1C(=O)NC1C2C3CCC(C3)C12.